The van der Waals surface area contributed by atoms with Crippen LogP contribution in [0.25, 0.3) is 0 Å². The highest BCUT2D eigenvalue weighted by atomic mass is 32.2. The number of hydrogen-bond acceptors (Lipinski definition) is 7. The maximum absolute atomic E-state index is 13.0. The van der Waals surface area contributed by atoms with Crippen molar-refractivity contribution in [2.45, 2.75) is 70.1 Å². The summed E-state index contributed by atoms with van der Waals surface area (Å²) in [5.41, 5.74) is 5.83. The van der Waals surface area contributed by atoms with Crippen LogP contribution < -0.4 is 16.4 Å². The van der Waals surface area contributed by atoms with Gasteiger partial charge >= 0.3 is 11.9 Å². The van der Waals surface area contributed by atoms with Crippen LogP contribution in [0.15, 0.2) is 0 Å². The minimum absolute atomic E-state index is 0.178. The van der Waals surface area contributed by atoms with Crippen LogP contribution >= 0.6 is 11.8 Å². The number of rotatable bonds is 13. The molecule has 0 aliphatic carbocycles. The molecule has 32 heavy (non-hydrogen) atoms. The average Bonchev–Trinajstić information content (AvgIpc) is 3.22. The number of likely N-dealkylation sites (tertiary alicyclic amines) is 1. The van der Waals surface area contributed by atoms with Crippen molar-refractivity contribution in [1.29, 1.82) is 0 Å². The van der Waals surface area contributed by atoms with E-state index in [4.69, 9.17) is 10.8 Å². The number of nitrogens with zero attached hydrogens (tertiary/aromatic N) is 1. The Bertz CT molecular complexity index is 703. The predicted octanol–water partition coefficient (Wildman–Crippen LogP) is -0.367. The third kappa shape index (κ3) is 8.30. The van der Waals surface area contributed by atoms with E-state index in [0.717, 1.165) is 0 Å². The Morgan fingerprint density at radius 1 is 1.06 bits per heavy atom. The molecule has 6 N–H and O–H groups in total. The minimum atomic E-state index is -1.19. The van der Waals surface area contributed by atoms with E-state index in [0.29, 0.717) is 18.6 Å². The second kappa shape index (κ2) is 13.3. The van der Waals surface area contributed by atoms with Crippen molar-refractivity contribution < 1.29 is 34.2 Å². The molecule has 11 nitrogen and oxygen atoms in total. The first-order chi connectivity index (χ1) is 15.0. The van der Waals surface area contributed by atoms with E-state index < -0.39 is 53.8 Å². The van der Waals surface area contributed by atoms with Crippen molar-refractivity contribution in [2.24, 2.45) is 11.7 Å². The number of amides is 3. The molecule has 12 heteroatoms. The first-order valence-electron chi connectivity index (χ1n) is 10.6. The Hall–Kier alpha value is -2.34. The first-order valence-corrected chi connectivity index (χ1v) is 12.0. The molecule has 4 unspecified atom stereocenters. The minimum Gasteiger partial charge on any atom is -0.481 e. The van der Waals surface area contributed by atoms with Gasteiger partial charge < -0.3 is 31.5 Å². The van der Waals surface area contributed by atoms with Crippen LogP contribution in [-0.2, 0) is 24.0 Å². The summed E-state index contributed by atoms with van der Waals surface area (Å²) < 4.78 is 0. The smallest absolute Gasteiger partial charge is 0.326 e. The van der Waals surface area contributed by atoms with Gasteiger partial charge in [0.15, 0.2) is 0 Å². The molecule has 1 aliphatic heterocycles. The quantitative estimate of drug-likeness (QED) is 0.238. The highest BCUT2D eigenvalue weighted by Crippen LogP contribution is 2.20. The standard InChI is InChI=1S/C20H34N4O7S/c1-11(2)16(21)18(28)22-12(6-7-15(25)26)17(27)23-13(8-10-32-3)19(29)24-9-4-5-14(24)20(30)31/h11-14,16H,4-10,21H2,1-3H3,(H,22,28)(H,23,27)(H,25,26)(H,30,31). The van der Waals surface area contributed by atoms with Crippen molar-refractivity contribution in [3.05, 3.63) is 0 Å². The van der Waals surface area contributed by atoms with Crippen LogP contribution in [0, 0.1) is 5.92 Å². The summed E-state index contributed by atoms with van der Waals surface area (Å²) in [5, 5.41) is 23.5. The normalized spacial score (nSPS) is 18.7. The van der Waals surface area contributed by atoms with Gasteiger partial charge in [-0.2, -0.15) is 11.8 Å². The molecular formula is C20H34N4O7S. The zero-order valence-corrected chi connectivity index (χ0v) is 19.5. The van der Waals surface area contributed by atoms with Crippen LogP contribution in [0.3, 0.4) is 0 Å². The van der Waals surface area contributed by atoms with Crippen LogP contribution in [-0.4, -0.2) is 87.5 Å². The summed E-state index contributed by atoms with van der Waals surface area (Å²) in [7, 11) is 0. The summed E-state index contributed by atoms with van der Waals surface area (Å²) in [5.74, 6) is -3.70. The first kappa shape index (κ1) is 27.7. The number of nitrogens with two attached hydrogens (primary N) is 1. The van der Waals surface area contributed by atoms with Crippen molar-refractivity contribution in [1.82, 2.24) is 15.5 Å². The van der Waals surface area contributed by atoms with Gasteiger partial charge in [-0.3, -0.25) is 19.2 Å². The second-order valence-corrected chi connectivity index (χ2v) is 9.12. The van der Waals surface area contributed by atoms with Gasteiger partial charge in [0.25, 0.3) is 0 Å². The zero-order valence-electron chi connectivity index (χ0n) is 18.7. The Labute approximate surface area is 191 Å². The Morgan fingerprint density at radius 3 is 2.22 bits per heavy atom. The third-order valence-electron chi connectivity index (χ3n) is 5.35. The van der Waals surface area contributed by atoms with Gasteiger partial charge in [-0.25, -0.2) is 4.79 Å². The average molecular weight is 475 g/mol. The fraction of sp³-hybridized carbons (Fsp3) is 0.750. The van der Waals surface area contributed by atoms with E-state index in [9.17, 15) is 29.1 Å². The summed E-state index contributed by atoms with van der Waals surface area (Å²) in [4.78, 5) is 62.1. The lowest BCUT2D eigenvalue weighted by atomic mass is 10.0. The fourth-order valence-corrected chi connectivity index (χ4v) is 3.83. The summed E-state index contributed by atoms with van der Waals surface area (Å²) in [6.45, 7) is 3.76. The molecule has 4 atom stereocenters. The molecule has 3 amide bonds. The van der Waals surface area contributed by atoms with Crippen molar-refractivity contribution in [2.75, 3.05) is 18.6 Å². The SMILES string of the molecule is CSCCC(NC(=O)C(CCC(=O)O)NC(=O)C(N)C(C)C)C(=O)N1CCCC1C(=O)O. The van der Waals surface area contributed by atoms with Crippen LogP contribution in [0.4, 0.5) is 0 Å². The van der Waals surface area contributed by atoms with E-state index in [-0.39, 0.29) is 31.7 Å². The van der Waals surface area contributed by atoms with E-state index in [1.165, 1.54) is 16.7 Å². The molecular weight excluding hydrogens is 440 g/mol. The molecule has 1 rings (SSSR count). The number of carboxylic acids is 2. The monoisotopic (exact) mass is 474 g/mol. The van der Waals surface area contributed by atoms with Gasteiger partial charge in [0, 0.05) is 13.0 Å². The highest BCUT2D eigenvalue weighted by Gasteiger charge is 2.38. The molecule has 0 bridgehead atoms. The molecule has 1 aliphatic rings. The van der Waals surface area contributed by atoms with Crippen molar-refractivity contribution in [3.63, 3.8) is 0 Å². The highest BCUT2D eigenvalue weighted by molar-refractivity contribution is 7.98. The maximum atomic E-state index is 13.0. The molecule has 1 saturated heterocycles. The topological polar surface area (TPSA) is 179 Å². The molecule has 0 aromatic carbocycles. The zero-order chi connectivity index (χ0) is 24.4. The molecule has 0 aromatic heterocycles. The molecule has 0 radical (unpaired) electrons. The summed E-state index contributed by atoms with van der Waals surface area (Å²) >= 11 is 1.46. The number of carboxylic acid groups (broad SMARTS) is 2. The number of carbonyl (C=O) groups is 5. The Kier molecular flexibility index (Phi) is 11.5. The molecule has 1 fully saturated rings. The lowest BCUT2D eigenvalue weighted by Gasteiger charge is -2.29. The predicted molar refractivity (Wildman–Crippen MR) is 119 cm³/mol. The molecule has 182 valence electrons. The number of aliphatic carboxylic acids is 2. The largest absolute Gasteiger partial charge is 0.481 e. The van der Waals surface area contributed by atoms with Crippen LogP contribution in [0.2, 0.25) is 0 Å². The molecule has 0 spiro atoms. The molecule has 1 heterocycles. The number of nitrogens with one attached hydrogen (secondary N) is 2. The van der Waals surface area contributed by atoms with Crippen molar-refractivity contribution >= 4 is 41.4 Å². The number of thioether (sulfide) groups is 1. The number of hydrogen-bond donors (Lipinski definition) is 5. The second-order valence-electron chi connectivity index (χ2n) is 8.13. The van der Waals surface area contributed by atoms with E-state index in [1.807, 2.05) is 6.26 Å². The van der Waals surface area contributed by atoms with E-state index in [2.05, 4.69) is 10.6 Å². The molecule has 0 saturated carbocycles. The lowest BCUT2D eigenvalue weighted by Crippen LogP contribution is -2.57. The Morgan fingerprint density at radius 2 is 1.69 bits per heavy atom. The molecule has 0 aromatic rings. The van der Waals surface area contributed by atoms with Gasteiger partial charge in [-0.05, 0) is 43.6 Å². The van der Waals surface area contributed by atoms with Gasteiger partial charge in [-0.15, -0.1) is 0 Å². The van der Waals surface area contributed by atoms with E-state index >= 15 is 0 Å². The number of carbonyl (C=O) groups excluding carboxylic acids is 3. The van der Waals surface area contributed by atoms with Crippen LogP contribution in [0.1, 0.15) is 46.0 Å². The summed E-state index contributed by atoms with van der Waals surface area (Å²) in [6.07, 6.45) is 2.45. The lowest BCUT2D eigenvalue weighted by molar-refractivity contribution is -0.149. The maximum Gasteiger partial charge on any atom is 0.326 e. The van der Waals surface area contributed by atoms with Crippen LogP contribution in [0.5, 0.6) is 0 Å². The van der Waals surface area contributed by atoms with Gasteiger partial charge in [0.1, 0.15) is 18.1 Å². The van der Waals surface area contributed by atoms with Gasteiger partial charge in [0.2, 0.25) is 17.7 Å². The van der Waals surface area contributed by atoms with Gasteiger partial charge in [0.05, 0.1) is 6.04 Å². The van der Waals surface area contributed by atoms with Crippen molar-refractivity contribution in [3.8, 4) is 0 Å². The Balaban J connectivity index is 3.00. The summed E-state index contributed by atoms with van der Waals surface area (Å²) in [6, 6.07) is -4.01. The third-order valence-corrected chi connectivity index (χ3v) is 5.99. The fourth-order valence-electron chi connectivity index (χ4n) is 3.36. The van der Waals surface area contributed by atoms with E-state index in [1.54, 1.807) is 13.8 Å². The van der Waals surface area contributed by atoms with Gasteiger partial charge in [-0.1, -0.05) is 13.8 Å².